The first-order valence-corrected chi connectivity index (χ1v) is 8.00. The predicted molar refractivity (Wildman–Crippen MR) is 88.0 cm³/mol. The van der Waals surface area contributed by atoms with Gasteiger partial charge in [-0.3, -0.25) is 14.5 Å². The van der Waals surface area contributed by atoms with E-state index in [-0.39, 0.29) is 11.8 Å². The quantitative estimate of drug-likeness (QED) is 0.847. The fourth-order valence-electron chi connectivity index (χ4n) is 2.86. The van der Waals surface area contributed by atoms with Crippen LogP contribution in [0.3, 0.4) is 0 Å². The number of hydrogen-bond donors (Lipinski definition) is 2. The molecule has 1 heterocycles. The third-order valence-electron chi connectivity index (χ3n) is 4.09. The van der Waals surface area contributed by atoms with Gasteiger partial charge >= 0.3 is 0 Å². The van der Waals surface area contributed by atoms with Crippen molar-refractivity contribution in [2.24, 2.45) is 0 Å². The lowest BCUT2D eigenvalue weighted by atomic mass is 10.1. The maximum absolute atomic E-state index is 12.2. The van der Waals surface area contributed by atoms with Crippen LogP contribution in [0.25, 0.3) is 0 Å². The van der Waals surface area contributed by atoms with Crippen LogP contribution < -0.4 is 10.6 Å². The summed E-state index contributed by atoms with van der Waals surface area (Å²) >= 11 is 0. The summed E-state index contributed by atoms with van der Waals surface area (Å²) < 4.78 is 0. The third-order valence-corrected chi connectivity index (χ3v) is 4.09. The second kappa shape index (κ2) is 7.94. The molecule has 1 unspecified atom stereocenters. The molecule has 1 atom stereocenters. The molecule has 2 amide bonds. The van der Waals surface area contributed by atoms with Crippen LogP contribution in [0.2, 0.25) is 0 Å². The van der Waals surface area contributed by atoms with Gasteiger partial charge in [0.1, 0.15) is 0 Å². The number of amides is 2. The minimum atomic E-state index is -0.117. The van der Waals surface area contributed by atoms with Gasteiger partial charge in [-0.15, -0.1) is 0 Å². The van der Waals surface area contributed by atoms with E-state index in [4.69, 9.17) is 0 Å². The summed E-state index contributed by atoms with van der Waals surface area (Å²) in [5.41, 5.74) is 1.32. The number of anilines is 1. The van der Waals surface area contributed by atoms with Crippen molar-refractivity contribution in [3.8, 4) is 0 Å². The van der Waals surface area contributed by atoms with Gasteiger partial charge in [0.25, 0.3) is 5.91 Å². The Morgan fingerprint density at radius 3 is 2.36 bits per heavy atom. The zero-order valence-electron chi connectivity index (χ0n) is 13.4. The maximum Gasteiger partial charge on any atom is 0.251 e. The summed E-state index contributed by atoms with van der Waals surface area (Å²) in [5, 5.41) is 5.71. The molecule has 5 heteroatoms. The molecular formula is C17H25N3O2. The van der Waals surface area contributed by atoms with Crippen LogP contribution in [0.15, 0.2) is 24.3 Å². The summed E-state index contributed by atoms with van der Waals surface area (Å²) in [6.07, 6.45) is 3.56. The summed E-state index contributed by atoms with van der Waals surface area (Å²) in [4.78, 5) is 25.6. The third kappa shape index (κ3) is 4.56. The van der Waals surface area contributed by atoms with Crippen molar-refractivity contribution < 1.29 is 9.59 Å². The topological polar surface area (TPSA) is 61.4 Å². The molecule has 0 bridgehead atoms. The molecule has 5 nitrogen and oxygen atoms in total. The van der Waals surface area contributed by atoms with Crippen molar-refractivity contribution in [3.05, 3.63) is 29.8 Å². The standard InChI is InChI=1S/C17H25N3O2/c1-3-16(20-10-4-5-11-20)12-18-17(22)14-6-8-15(9-7-14)19-13(2)21/h6-9,16H,3-5,10-12H2,1-2H3,(H,18,22)(H,19,21). The summed E-state index contributed by atoms with van der Waals surface area (Å²) in [6.45, 7) is 6.59. The van der Waals surface area contributed by atoms with Crippen molar-refractivity contribution in [2.75, 3.05) is 25.0 Å². The van der Waals surface area contributed by atoms with Gasteiger partial charge in [0.05, 0.1) is 0 Å². The first-order chi connectivity index (χ1) is 10.6. The van der Waals surface area contributed by atoms with Crippen LogP contribution in [0.4, 0.5) is 5.69 Å². The van der Waals surface area contributed by atoms with E-state index in [1.54, 1.807) is 24.3 Å². The predicted octanol–water partition coefficient (Wildman–Crippen LogP) is 2.25. The van der Waals surface area contributed by atoms with Gasteiger partial charge in [0.2, 0.25) is 5.91 Å². The van der Waals surface area contributed by atoms with Gasteiger partial charge in [0, 0.05) is 30.8 Å². The van der Waals surface area contributed by atoms with Gasteiger partial charge in [0.15, 0.2) is 0 Å². The lowest BCUT2D eigenvalue weighted by molar-refractivity contribution is -0.114. The number of benzene rings is 1. The largest absolute Gasteiger partial charge is 0.350 e. The van der Waals surface area contributed by atoms with Crippen LogP contribution >= 0.6 is 0 Å². The first kappa shape index (κ1) is 16.5. The molecule has 120 valence electrons. The second-order valence-corrected chi connectivity index (χ2v) is 5.77. The molecule has 0 saturated carbocycles. The monoisotopic (exact) mass is 303 g/mol. The second-order valence-electron chi connectivity index (χ2n) is 5.77. The molecule has 1 aliphatic heterocycles. The molecule has 0 radical (unpaired) electrons. The SMILES string of the molecule is CCC(CNC(=O)c1ccc(NC(C)=O)cc1)N1CCCC1. The van der Waals surface area contributed by atoms with Gasteiger partial charge in [-0.25, -0.2) is 0 Å². The van der Waals surface area contributed by atoms with Gasteiger partial charge < -0.3 is 10.6 Å². The fraction of sp³-hybridized carbons (Fsp3) is 0.529. The molecule has 1 aromatic carbocycles. The number of hydrogen-bond acceptors (Lipinski definition) is 3. The molecule has 1 fully saturated rings. The Kier molecular flexibility index (Phi) is 5.95. The van der Waals surface area contributed by atoms with Crippen LogP contribution in [0.5, 0.6) is 0 Å². The van der Waals surface area contributed by atoms with Gasteiger partial charge in [-0.1, -0.05) is 6.92 Å². The average molecular weight is 303 g/mol. The van der Waals surface area contributed by atoms with E-state index in [2.05, 4.69) is 22.5 Å². The van der Waals surface area contributed by atoms with Crippen molar-refractivity contribution in [3.63, 3.8) is 0 Å². The average Bonchev–Trinajstić information content (AvgIpc) is 3.02. The summed E-state index contributed by atoms with van der Waals surface area (Å²) in [5.74, 6) is -0.180. The number of carbonyl (C=O) groups is 2. The zero-order chi connectivity index (χ0) is 15.9. The van der Waals surface area contributed by atoms with E-state index < -0.39 is 0 Å². The number of nitrogens with one attached hydrogen (secondary N) is 2. The van der Waals surface area contributed by atoms with Crippen molar-refractivity contribution in [1.82, 2.24) is 10.2 Å². The first-order valence-electron chi connectivity index (χ1n) is 8.00. The molecule has 1 aliphatic rings. The highest BCUT2D eigenvalue weighted by molar-refractivity contribution is 5.95. The molecule has 1 saturated heterocycles. The van der Waals surface area contributed by atoms with Crippen LogP contribution in [0, 0.1) is 0 Å². The van der Waals surface area contributed by atoms with E-state index in [0.717, 1.165) is 19.5 Å². The Morgan fingerprint density at radius 1 is 1.18 bits per heavy atom. The Balaban J connectivity index is 1.86. The molecule has 22 heavy (non-hydrogen) atoms. The lowest BCUT2D eigenvalue weighted by Crippen LogP contribution is -2.42. The van der Waals surface area contributed by atoms with Crippen LogP contribution in [-0.4, -0.2) is 42.4 Å². The Morgan fingerprint density at radius 2 is 1.82 bits per heavy atom. The van der Waals surface area contributed by atoms with Crippen molar-refractivity contribution in [2.45, 2.75) is 39.2 Å². The molecule has 2 N–H and O–H groups in total. The molecule has 1 aromatic rings. The summed E-state index contributed by atoms with van der Waals surface area (Å²) in [6, 6.07) is 7.38. The lowest BCUT2D eigenvalue weighted by Gasteiger charge is -2.26. The van der Waals surface area contributed by atoms with E-state index >= 15 is 0 Å². The van der Waals surface area contributed by atoms with Crippen LogP contribution in [-0.2, 0) is 4.79 Å². The number of rotatable bonds is 6. The highest BCUT2D eigenvalue weighted by atomic mass is 16.2. The van der Waals surface area contributed by atoms with E-state index in [1.165, 1.54) is 19.8 Å². The molecule has 2 rings (SSSR count). The van der Waals surface area contributed by atoms with Gasteiger partial charge in [-0.05, 0) is 56.6 Å². The number of likely N-dealkylation sites (tertiary alicyclic amines) is 1. The van der Waals surface area contributed by atoms with Crippen LogP contribution in [0.1, 0.15) is 43.5 Å². The maximum atomic E-state index is 12.2. The molecule has 0 spiro atoms. The number of carbonyl (C=O) groups excluding carboxylic acids is 2. The minimum Gasteiger partial charge on any atom is -0.350 e. The van der Waals surface area contributed by atoms with Gasteiger partial charge in [-0.2, -0.15) is 0 Å². The number of nitrogens with zero attached hydrogens (tertiary/aromatic N) is 1. The minimum absolute atomic E-state index is 0.0629. The van der Waals surface area contributed by atoms with E-state index in [0.29, 0.717) is 23.8 Å². The summed E-state index contributed by atoms with van der Waals surface area (Å²) in [7, 11) is 0. The zero-order valence-corrected chi connectivity index (χ0v) is 13.4. The van der Waals surface area contributed by atoms with Crippen molar-refractivity contribution in [1.29, 1.82) is 0 Å². The Labute approximate surface area is 132 Å². The Bertz CT molecular complexity index is 507. The van der Waals surface area contributed by atoms with E-state index in [1.807, 2.05) is 0 Å². The fourth-order valence-corrected chi connectivity index (χ4v) is 2.86. The molecule has 0 aliphatic carbocycles. The molecule has 0 aromatic heterocycles. The smallest absolute Gasteiger partial charge is 0.251 e. The van der Waals surface area contributed by atoms with E-state index in [9.17, 15) is 9.59 Å². The Hall–Kier alpha value is -1.88. The normalized spacial score (nSPS) is 16.3. The highest BCUT2D eigenvalue weighted by Crippen LogP contribution is 2.14. The molecular weight excluding hydrogens is 278 g/mol. The van der Waals surface area contributed by atoms with Crippen molar-refractivity contribution >= 4 is 17.5 Å². The highest BCUT2D eigenvalue weighted by Gasteiger charge is 2.20.